The van der Waals surface area contributed by atoms with E-state index in [1.165, 1.54) is 0 Å². The van der Waals surface area contributed by atoms with E-state index in [0.717, 1.165) is 36.3 Å². The van der Waals surface area contributed by atoms with Crippen molar-refractivity contribution in [2.24, 2.45) is 5.73 Å². The molecular formula is C19H24N2O2. The molecule has 4 nitrogen and oxygen atoms in total. The molecule has 2 N–H and O–H groups in total. The largest absolute Gasteiger partial charge is 0.492 e. The van der Waals surface area contributed by atoms with E-state index in [4.69, 9.17) is 10.5 Å². The highest BCUT2D eigenvalue weighted by Gasteiger charge is 2.09. The van der Waals surface area contributed by atoms with Crippen molar-refractivity contribution in [3.8, 4) is 5.75 Å². The number of para-hydroxylation sites is 1. The Labute approximate surface area is 137 Å². The Bertz CT molecular complexity index is 653. The van der Waals surface area contributed by atoms with Gasteiger partial charge in [0.15, 0.2) is 0 Å². The van der Waals surface area contributed by atoms with Gasteiger partial charge in [0, 0.05) is 12.1 Å². The Morgan fingerprint density at radius 2 is 1.61 bits per heavy atom. The Hall–Kier alpha value is -2.33. The fourth-order valence-electron chi connectivity index (χ4n) is 2.44. The molecule has 0 aliphatic rings. The van der Waals surface area contributed by atoms with E-state index >= 15 is 0 Å². The topological polar surface area (TPSA) is 55.6 Å². The molecule has 0 saturated carbocycles. The van der Waals surface area contributed by atoms with E-state index in [-0.39, 0.29) is 5.91 Å². The Morgan fingerprint density at radius 1 is 1.00 bits per heavy atom. The van der Waals surface area contributed by atoms with Gasteiger partial charge >= 0.3 is 0 Å². The number of likely N-dealkylation sites (N-methyl/N-ethyl adjacent to an activating group) is 1. The normalized spacial score (nSPS) is 10.7. The number of aryl methyl sites for hydroxylation is 2. The third kappa shape index (κ3) is 5.11. The van der Waals surface area contributed by atoms with Crippen molar-refractivity contribution in [3.63, 3.8) is 0 Å². The predicted octanol–water partition coefficient (Wildman–Crippen LogP) is 2.51. The molecule has 0 aromatic heterocycles. The first-order chi connectivity index (χ1) is 11.1. The average Bonchev–Trinajstić information content (AvgIpc) is 2.54. The summed E-state index contributed by atoms with van der Waals surface area (Å²) < 4.78 is 5.88. The molecule has 122 valence electrons. The molecule has 2 aromatic rings. The summed E-state index contributed by atoms with van der Waals surface area (Å²) in [5, 5.41) is 0. The minimum atomic E-state index is -0.379. The lowest BCUT2D eigenvalue weighted by atomic mass is 9.99. The fraction of sp³-hybridized carbons (Fsp3) is 0.316. The molecule has 0 fully saturated rings. The number of rotatable bonds is 8. The number of nitrogens with zero attached hydrogens (tertiary/aromatic N) is 1. The highest BCUT2D eigenvalue weighted by molar-refractivity contribution is 5.94. The molecule has 1 amide bonds. The zero-order valence-corrected chi connectivity index (χ0v) is 13.8. The van der Waals surface area contributed by atoms with Crippen molar-refractivity contribution in [3.05, 3.63) is 65.2 Å². The molecule has 0 bridgehead atoms. The van der Waals surface area contributed by atoms with E-state index in [0.29, 0.717) is 12.2 Å². The fourth-order valence-corrected chi connectivity index (χ4v) is 2.44. The monoisotopic (exact) mass is 312 g/mol. The van der Waals surface area contributed by atoms with Crippen molar-refractivity contribution in [1.82, 2.24) is 4.90 Å². The van der Waals surface area contributed by atoms with Gasteiger partial charge in [0.05, 0.1) is 0 Å². The molecule has 23 heavy (non-hydrogen) atoms. The Kier molecular flexibility index (Phi) is 6.18. The summed E-state index contributed by atoms with van der Waals surface area (Å²) in [7, 11) is 4.05. The van der Waals surface area contributed by atoms with Crippen molar-refractivity contribution in [1.29, 1.82) is 0 Å². The van der Waals surface area contributed by atoms with Crippen LogP contribution in [0.4, 0.5) is 0 Å². The lowest BCUT2D eigenvalue weighted by Crippen LogP contribution is -2.19. The summed E-state index contributed by atoms with van der Waals surface area (Å²) in [6, 6.07) is 15.5. The number of hydrogen-bond acceptors (Lipinski definition) is 3. The summed E-state index contributed by atoms with van der Waals surface area (Å²) in [6.07, 6.45) is 1.57. The number of nitrogens with two attached hydrogens (primary N) is 1. The van der Waals surface area contributed by atoms with Gasteiger partial charge in [-0.05, 0) is 50.2 Å². The molecule has 0 saturated heterocycles. The lowest BCUT2D eigenvalue weighted by molar-refractivity contribution is 0.0999. The smallest absolute Gasteiger partial charge is 0.248 e. The van der Waals surface area contributed by atoms with Crippen LogP contribution < -0.4 is 10.5 Å². The van der Waals surface area contributed by atoms with Crippen LogP contribution in [0.2, 0.25) is 0 Å². The average molecular weight is 312 g/mol. The van der Waals surface area contributed by atoms with Crippen molar-refractivity contribution in [2.75, 3.05) is 27.2 Å². The third-order valence-electron chi connectivity index (χ3n) is 3.72. The van der Waals surface area contributed by atoms with Crippen LogP contribution in [0.25, 0.3) is 0 Å². The first-order valence-corrected chi connectivity index (χ1v) is 7.81. The van der Waals surface area contributed by atoms with E-state index in [9.17, 15) is 4.79 Å². The number of ether oxygens (including phenoxy) is 1. The van der Waals surface area contributed by atoms with Gasteiger partial charge in [0.2, 0.25) is 5.91 Å². The number of amides is 1. The summed E-state index contributed by atoms with van der Waals surface area (Å²) in [4.78, 5) is 13.6. The lowest BCUT2D eigenvalue weighted by Gasteiger charge is -2.14. The van der Waals surface area contributed by atoms with E-state index in [2.05, 4.69) is 11.0 Å². The maximum Gasteiger partial charge on any atom is 0.248 e. The van der Waals surface area contributed by atoms with Gasteiger partial charge in [-0.15, -0.1) is 0 Å². The quantitative estimate of drug-likeness (QED) is 0.815. The van der Waals surface area contributed by atoms with Crippen LogP contribution in [0.1, 0.15) is 21.5 Å². The number of primary amides is 1. The number of benzene rings is 2. The molecule has 0 unspecified atom stereocenters. The van der Waals surface area contributed by atoms with Gasteiger partial charge in [0.1, 0.15) is 12.4 Å². The van der Waals surface area contributed by atoms with Crippen LogP contribution in [-0.2, 0) is 12.8 Å². The molecule has 0 aliphatic heterocycles. The SMILES string of the molecule is CN(C)CCOc1ccccc1CCc1ccccc1C(N)=O. The molecule has 4 heteroatoms. The minimum Gasteiger partial charge on any atom is -0.492 e. The third-order valence-corrected chi connectivity index (χ3v) is 3.72. The summed E-state index contributed by atoms with van der Waals surface area (Å²) >= 11 is 0. The minimum absolute atomic E-state index is 0.379. The van der Waals surface area contributed by atoms with Crippen molar-refractivity contribution < 1.29 is 9.53 Å². The van der Waals surface area contributed by atoms with Crippen LogP contribution in [0.15, 0.2) is 48.5 Å². The number of carbonyl (C=O) groups is 1. The molecular weight excluding hydrogens is 288 g/mol. The summed E-state index contributed by atoms with van der Waals surface area (Å²) in [5.74, 6) is 0.530. The van der Waals surface area contributed by atoms with Gasteiger partial charge in [-0.25, -0.2) is 0 Å². The van der Waals surface area contributed by atoms with E-state index < -0.39 is 0 Å². The molecule has 2 rings (SSSR count). The maximum atomic E-state index is 11.5. The van der Waals surface area contributed by atoms with E-state index in [1.54, 1.807) is 6.07 Å². The highest BCUT2D eigenvalue weighted by atomic mass is 16.5. The molecule has 0 radical (unpaired) electrons. The Morgan fingerprint density at radius 3 is 2.30 bits per heavy atom. The first kappa shape index (κ1) is 17.0. The summed E-state index contributed by atoms with van der Waals surface area (Å²) in [6.45, 7) is 1.53. The standard InChI is InChI=1S/C19H24N2O2/c1-21(2)13-14-23-18-10-6-4-8-16(18)12-11-15-7-3-5-9-17(15)19(20)22/h3-10H,11-14H2,1-2H3,(H2,20,22). The number of hydrogen-bond donors (Lipinski definition) is 1. The van der Waals surface area contributed by atoms with Gasteiger partial charge in [-0.1, -0.05) is 36.4 Å². The van der Waals surface area contributed by atoms with Gasteiger partial charge in [-0.2, -0.15) is 0 Å². The van der Waals surface area contributed by atoms with E-state index in [1.807, 2.05) is 50.5 Å². The molecule has 0 atom stereocenters. The van der Waals surface area contributed by atoms with Crippen molar-refractivity contribution >= 4 is 5.91 Å². The van der Waals surface area contributed by atoms with Gasteiger partial charge < -0.3 is 15.4 Å². The zero-order chi connectivity index (χ0) is 16.7. The molecule has 2 aromatic carbocycles. The molecule has 0 spiro atoms. The molecule has 0 heterocycles. The van der Waals surface area contributed by atoms with Crippen LogP contribution in [0.5, 0.6) is 5.75 Å². The second-order valence-corrected chi connectivity index (χ2v) is 5.78. The highest BCUT2D eigenvalue weighted by Crippen LogP contribution is 2.21. The second-order valence-electron chi connectivity index (χ2n) is 5.78. The van der Waals surface area contributed by atoms with Crippen molar-refractivity contribution in [2.45, 2.75) is 12.8 Å². The van der Waals surface area contributed by atoms with Gasteiger partial charge in [0.25, 0.3) is 0 Å². The summed E-state index contributed by atoms with van der Waals surface area (Å²) in [5.41, 5.74) is 8.15. The Balaban J connectivity index is 2.05. The van der Waals surface area contributed by atoms with Crippen LogP contribution >= 0.6 is 0 Å². The first-order valence-electron chi connectivity index (χ1n) is 7.81. The second kappa shape index (κ2) is 8.34. The van der Waals surface area contributed by atoms with Crippen LogP contribution in [-0.4, -0.2) is 38.1 Å². The molecule has 0 aliphatic carbocycles. The predicted molar refractivity (Wildman–Crippen MR) is 92.9 cm³/mol. The van der Waals surface area contributed by atoms with Crippen LogP contribution in [0.3, 0.4) is 0 Å². The van der Waals surface area contributed by atoms with Gasteiger partial charge in [-0.3, -0.25) is 4.79 Å². The van der Waals surface area contributed by atoms with Crippen LogP contribution in [0, 0.1) is 0 Å². The number of carbonyl (C=O) groups excluding carboxylic acids is 1. The zero-order valence-electron chi connectivity index (χ0n) is 13.8. The maximum absolute atomic E-state index is 11.5.